The fourth-order valence-corrected chi connectivity index (χ4v) is 2.79. The molecule has 0 amide bonds. The van der Waals surface area contributed by atoms with Gasteiger partial charge in [0.15, 0.2) is 11.5 Å². The number of cyclic esters (lactones) is 1. The maximum absolute atomic E-state index is 11.9. The minimum atomic E-state index is -0.293. The Bertz CT molecular complexity index is 679. The molecule has 3 rings (SSSR count). The second-order valence-corrected chi connectivity index (χ2v) is 5.25. The smallest absolute Gasteiger partial charge is 0.310 e. The van der Waals surface area contributed by atoms with Gasteiger partial charge in [-0.05, 0) is 23.3 Å². The molecule has 0 fully saturated rings. The topological polar surface area (TPSA) is 44.8 Å². The number of carbonyl (C=O) groups is 1. The van der Waals surface area contributed by atoms with Gasteiger partial charge in [-0.2, -0.15) is 0 Å². The molecule has 2 aromatic rings. The Labute approximate surface area is 129 Å². The Morgan fingerprint density at radius 1 is 1.09 bits per heavy atom. The van der Waals surface area contributed by atoms with Gasteiger partial charge in [-0.15, -0.1) is 0 Å². The number of ether oxygens (including phenoxy) is 3. The van der Waals surface area contributed by atoms with Crippen LogP contribution in [0.25, 0.3) is 0 Å². The molecule has 0 spiro atoms. The first-order valence-electron chi connectivity index (χ1n) is 7.19. The second-order valence-electron chi connectivity index (χ2n) is 5.25. The van der Waals surface area contributed by atoms with Gasteiger partial charge in [0, 0.05) is 12.0 Å². The first-order valence-corrected chi connectivity index (χ1v) is 7.19. The second kappa shape index (κ2) is 6.10. The number of esters is 1. The number of carbonyl (C=O) groups excluding carboxylic acids is 1. The van der Waals surface area contributed by atoms with Crippen LogP contribution in [0.15, 0.2) is 42.5 Å². The van der Waals surface area contributed by atoms with E-state index < -0.39 is 0 Å². The molecule has 4 nitrogen and oxygen atoms in total. The summed E-state index contributed by atoms with van der Waals surface area (Å²) in [7, 11) is 3.19. The Kier molecular flexibility index (Phi) is 4.00. The van der Waals surface area contributed by atoms with E-state index in [1.807, 2.05) is 42.5 Å². The SMILES string of the molecule is COc1cc2c(cc1OC)C(Cc1ccccc1)OC(=O)C2. The summed E-state index contributed by atoms with van der Waals surface area (Å²) < 4.78 is 16.2. The summed E-state index contributed by atoms with van der Waals surface area (Å²) in [6.45, 7) is 0. The summed E-state index contributed by atoms with van der Waals surface area (Å²) in [5.74, 6) is 1.08. The lowest BCUT2D eigenvalue weighted by Gasteiger charge is -2.27. The van der Waals surface area contributed by atoms with Crippen LogP contribution >= 0.6 is 0 Å². The minimum absolute atomic E-state index is 0.208. The fraction of sp³-hybridized carbons (Fsp3) is 0.278. The van der Waals surface area contributed by atoms with E-state index in [4.69, 9.17) is 14.2 Å². The van der Waals surface area contributed by atoms with Crippen molar-refractivity contribution in [1.29, 1.82) is 0 Å². The van der Waals surface area contributed by atoms with E-state index in [9.17, 15) is 4.79 Å². The van der Waals surface area contributed by atoms with Crippen molar-refractivity contribution in [2.45, 2.75) is 18.9 Å². The average molecular weight is 298 g/mol. The normalized spacial score (nSPS) is 16.6. The fourth-order valence-electron chi connectivity index (χ4n) is 2.79. The summed E-state index contributed by atoms with van der Waals surface area (Å²) in [5.41, 5.74) is 3.05. The molecule has 0 radical (unpaired) electrons. The maximum atomic E-state index is 11.9. The summed E-state index contributed by atoms with van der Waals surface area (Å²) in [5, 5.41) is 0. The van der Waals surface area contributed by atoms with Crippen molar-refractivity contribution in [2.24, 2.45) is 0 Å². The molecular formula is C18H18O4. The quantitative estimate of drug-likeness (QED) is 0.814. The van der Waals surface area contributed by atoms with Gasteiger partial charge in [0.25, 0.3) is 0 Å². The van der Waals surface area contributed by atoms with Crippen molar-refractivity contribution >= 4 is 5.97 Å². The predicted molar refractivity (Wildman–Crippen MR) is 82.2 cm³/mol. The number of fused-ring (bicyclic) bond motifs is 1. The Hall–Kier alpha value is -2.49. The standard InChI is InChI=1S/C18H18O4/c1-20-16-9-13-10-18(19)22-15(14(13)11-17(16)21-2)8-12-6-4-3-5-7-12/h3-7,9,11,15H,8,10H2,1-2H3. The van der Waals surface area contributed by atoms with E-state index in [1.165, 1.54) is 0 Å². The summed E-state index contributed by atoms with van der Waals surface area (Å²) in [6, 6.07) is 13.8. The number of methoxy groups -OCH3 is 2. The largest absolute Gasteiger partial charge is 0.493 e. The van der Waals surface area contributed by atoms with Gasteiger partial charge in [0.05, 0.1) is 20.6 Å². The highest BCUT2D eigenvalue weighted by Crippen LogP contribution is 2.38. The highest BCUT2D eigenvalue weighted by atomic mass is 16.5. The molecule has 4 heteroatoms. The monoisotopic (exact) mass is 298 g/mol. The Morgan fingerprint density at radius 2 is 1.77 bits per heavy atom. The summed E-state index contributed by atoms with van der Waals surface area (Å²) >= 11 is 0. The van der Waals surface area contributed by atoms with Crippen molar-refractivity contribution in [3.05, 3.63) is 59.2 Å². The molecule has 2 aromatic carbocycles. The van der Waals surface area contributed by atoms with E-state index in [1.54, 1.807) is 14.2 Å². The Morgan fingerprint density at radius 3 is 2.45 bits per heavy atom. The number of hydrogen-bond acceptors (Lipinski definition) is 4. The molecular weight excluding hydrogens is 280 g/mol. The molecule has 1 heterocycles. The third kappa shape index (κ3) is 2.77. The molecule has 0 aromatic heterocycles. The highest BCUT2D eigenvalue weighted by molar-refractivity contribution is 5.76. The lowest BCUT2D eigenvalue weighted by Crippen LogP contribution is -2.23. The molecule has 0 aliphatic carbocycles. The van der Waals surface area contributed by atoms with Crippen molar-refractivity contribution in [3.63, 3.8) is 0 Å². The predicted octanol–water partition coefficient (Wildman–Crippen LogP) is 3.09. The molecule has 1 aliphatic heterocycles. The third-order valence-electron chi connectivity index (χ3n) is 3.86. The Balaban J connectivity index is 1.99. The lowest BCUT2D eigenvalue weighted by molar-refractivity contribution is -0.150. The van der Waals surface area contributed by atoms with Gasteiger partial charge in [-0.3, -0.25) is 4.79 Å². The summed E-state index contributed by atoms with van der Waals surface area (Å²) in [6.07, 6.45) is 0.620. The lowest BCUT2D eigenvalue weighted by atomic mass is 9.92. The van der Waals surface area contributed by atoms with E-state index in [0.29, 0.717) is 17.9 Å². The van der Waals surface area contributed by atoms with Gasteiger partial charge in [0.2, 0.25) is 0 Å². The van der Waals surface area contributed by atoms with Crippen LogP contribution in [0.3, 0.4) is 0 Å². The zero-order valence-electron chi connectivity index (χ0n) is 12.7. The van der Waals surface area contributed by atoms with Gasteiger partial charge in [-0.1, -0.05) is 30.3 Å². The zero-order chi connectivity index (χ0) is 15.5. The minimum Gasteiger partial charge on any atom is -0.493 e. The van der Waals surface area contributed by atoms with E-state index in [0.717, 1.165) is 16.7 Å². The molecule has 0 bridgehead atoms. The molecule has 114 valence electrons. The molecule has 1 unspecified atom stereocenters. The molecule has 1 atom stereocenters. The number of benzene rings is 2. The first-order chi connectivity index (χ1) is 10.7. The van der Waals surface area contributed by atoms with Crippen molar-refractivity contribution in [1.82, 2.24) is 0 Å². The van der Waals surface area contributed by atoms with Gasteiger partial charge < -0.3 is 14.2 Å². The van der Waals surface area contributed by atoms with Crippen LogP contribution in [0.1, 0.15) is 22.8 Å². The van der Waals surface area contributed by atoms with Crippen LogP contribution < -0.4 is 9.47 Å². The van der Waals surface area contributed by atoms with E-state index in [-0.39, 0.29) is 18.5 Å². The highest BCUT2D eigenvalue weighted by Gasteiger charge is 2.28. The van der Waals surface area contributed by atoms with E-state index >= 15 is 0 Å². The van der Waals surface area contributed by atoms with Crippen LogP contribution in [-0.2, 0) is 22.4 Å². The van der Waals surface area contributed by atoms with Crippen LogP contribution in [-0.4, -0.2) is 20.2 Å². The molecule has 0 saturated heterocycles. The van der Waals surface area contributed by atoms with Crippen molar-refractivity contribution in [2.75, 3.05) is 14.2 Å². The summed E-state index contributed by atoms with van der Waals surface area (Å²) in [4.78, 5) is 11.9. The van der Waals surface area contributed by atoms with Gasteiger partial charge >= 0.3 is 5.97 Å². The number of hydrogen-bond donors (Lipinski definition) is 0. The van der Waals surface area contributed by atoms with Crippen LogP contribution in [0, 0.1) is 0 Å². The van der Waals surface area contributed by atoms with Gasteiger partial charge in [0.1, 0.15) is 6.10 Å². The molecule has 0 N–H and O–H groups in total. The van der Waals surface area contributed by atoms with Crippen LogP contribution in [0.4, 0.5) is 0 Å². The van der Waals surface area contributed by atoms with Crippen molar-refractivity contribution in [3.8, 4) is 11.5 Å². The molecule has 0 saturated carbocycles. The van der Waals surface area contributed by atoms with Crippen LogP contribution in [0.5, 0.6) is 11.5 Å². The van der Waals surface area contributed by atoms with Crippen molar-refractivity contribution < 1.29 is 19.0 Å². The van der Waals surface area contributed by atoms with E-state index in [2.05, 4.69) is 0 Å². The molecule has 1 aliphatic rings. The average Bonchev–Trinajstić information content (AvgIpc) is 2.54. The third-order valence-corrected chi connectivity index (χ3v) is 3.86. The maximum Gasteiger partial charge on any atom is 0.310 e. The zero-order valence-corrected chi connectivity index (χ0v) is 12.7. The number of rotatable bonds is 4. The van der Waals surface area contributed by atoms with Crippen LogP contribution in [0.2, 0.25) is 0 Å². The first kappa shape index (κ1) is 14.4. The molecule has 22 heavy (non-hydrogen) atoms. The van der Waals surface area contributed by atoms with Gasteiger partial charge in [-0.25, -0.2) is 0 Å².